The topological polar surface area (TPSA) is 21.3 Å². The molecule has 0 atom stereocenters. The van der Waals surface area contributed by atoms with Gasteiger partial charge in [0.25, 0.3) is 0 Å². The van der Waals surface area contributed by atoms with Crippen LogP contribution in [0.25, 0.3) is 0 Å². The summed E-state index contributed by atoms with van der Waals surface area (Å²) in [7, 11) is 1.84. The molecule has 0 unspecified atom stereocenters. The first-order valence-corrected chi connectivity index (χ1v) is 6.49. The summed E-state index contributed by atoms with van der Waals surface area (Å²) in [6.07, 6.45) is 5.05. The largest absolute Gasteiger partial charge is 0.375 e. The molecule has 0 spiro atoms. The molecule has 0 amide bonds. The molecule has 0 bridgehead atoms. The molecule has 15 heavy (non-hydrogen) atoms. The Morgan fingerprint density at radius 2 is 2.33 bits per heavy atom. The van der Waals surface area contributed by atoms with Crippen LogP contribution in [0.3, 0.4) is 0 Å². The van der Waals surface area contributed by atoms with Crippen LogP contribution in [0.15, 0.2) is 6.07 Å². The van der Waals surface area contributed by atoms with Crippen molar-refractivity contribution in [3.8, 4) is 0 Å². The van der Waals surface area contributed by atoms with Crippen molar-refractivity contribution in [3.63, 3.8) is 0 Å². The van der Waals surface area contributed by atoms with Gasteiger partial charge >= 0.3 is 0 Å². The average molecular weight is 223 g/mol. The summed E-state index contributed by atoms with van der Waals surface area (Å²) in [5, 5.41) is 3.30. The third-order valence-electron chi connectivity index (χ3n) is 3.62. The molecule has 3 heteroatoms. The van der Waals surface area contributed by atoms with E-state index >= 15 is 0 Å². The fourth-order valence-corrected chi connectivity index (χ4v) is 3.93. The Balaban J connectivity index is 1.76. The second kappa shape index (κ2) is 3.58. The Morgan fingerprint density at radius 1 is 1.47 bits per heavy atom. The fourth-order valence-electron chi connectivity index (χ4n) is 2.54. The van der Waals surface area contributed by atoms with Gasteiger partial charge in [0, 0.05) is 36.4 Å². The van der Waals surface area contributed by atoms with E-state index < -0.39 is 0 Å². The average Bonchev–Trinajstić information content (AvgIpc) is 2.70. The van der Waals surface area contributed by atoms with E-state index in [4.69, 9.17) is 4.74 Å². The van der Waals surface area contributed by atoms with E-state index in [0.717, 1.165) is 19.5 Å². The van der Waals surface area contributed by atoms with E-state index in [0.29, 0.717) is 0 Å². The van der Waals surface area contributed by atoms with Gasteiger partial charge in [-0.2, -0.15) is 0 Å². The summed E-state index contributed by atoms with van der Waals surface area (Å²) in [5.41, 5.74) is 1.70. The van der Waals surface area contributed by atoms with Gasteiger partial charge in [-0.25, -0.2) is 0 Å². The van der Waals surface area contributed by atoms with Crippen molar-refractivity contribution in [2.75, 3.05) is 20.2 Å². The second-order valence-corrected chi connectivity index (χ2v) is 5.90. The quantitative estimate of drug-likeness (QED) is 0.843. The van der Waals surface area contributed by atoms with E-state index in [-0.39, 0.29) is 5.60 Å². The number of ether oxygens (including phenoxy) is 1. The predicted molar refractivity (Wildman–Crippen MR) is 62.7 cm³/mol. The molecule has 1 saturated heterocycles. The molecule has 1 N–H and O–H groups in total. The number of thiophene rings is 1. The lowest BCUT2D eigenvalue weighted by atomic mass is 9.92. The van der Waals surface area contributed by atoms with Gasteiger partial charge in [-0.1, -0.05) is 0 Å². The lowest BCUT2D eigenvalue weighted by Gasteiger charge is -2.41. The zero-order chi connectivity index (χ0) is 10.3. The molecule has 2 aliphatic rings. The first kappa shape index (κ1) is 9.82. The molecular weight excluding hydrogens is 206 g/mol. The van der Waals surface area contributed by atoms with Gasteiger partial charge in [0.15, 0.2) is 0 Å². The minimum atomic E-state index is 0.0958. The van der Waals surface area contributed by atoms with Crippen LogP contribution in [-0.2, 0) is 24.0 Å². The van der Waals surface area contributed by atoms with Crippen LogP contribution in [0, 0.1) is 0 Å². The zero-order valence-corrected chi connectivity index (χ0v) is 9.95. The van der Waals surface area contributed by atoms with E-state index in [1.54, 1.807) is 10.4 Å². The van der Waals surface area contributed by atoms with Crippen LogP contribution in [0.1, 0.15) is 21.7 Å². The van der Waals surface area contributed by atoms with Gasteiger partial charge in [0.2, 0.25) is 0 Å². The number of hydrogen-bond acceptors (Lipinski definition) is 3. The predicted octanol–water partition coefficient (Wildman–Crippen LogP) is 1.77. The van der Waals surface area contributed by atoms with Crippen molar-refractivity contribution < 1.29 is 4.74 Å². The van der Waals surface area contributed by atoms with Gasteiger partial charge < -0.3 is 10.1 Å². The molecular formula is C12H17NOS. The van der Waals surface area contributed by atoms with Crippen LogP contribution >= 0.6 is 11.3 Å². The van der Waals surface area contributed by atoms with Gasteiger partial charge in [0.1, 0.15) is 0 Å². The number of aryl methyl sites for hydroxylation is 2. The molecule has 0 aromatic carbocycles. The van der Waals surface area contributed by atoms with Crippen LogP contribution in [-0.4, -0.2) is 25.8 Å². The molecule has 1 aromatic rings. The summed E-state index contributed by atoms with van der Waals surface area (Å²) in [4.78, 5) is 3.14. The van der Waals surface area contributed by atoms with Crippen LogP contribution in [0.4, 0.5) is 0 Å². The van der Waals surface area contributed by atoms with Gasteiger partial charge in [-0.15, -0.1) is 11.3 Å². The zero-order valence-electron chi connectivity index (χ0n) is 9.14. The van der Waals surface area contributed by atoms with E-state index in [1.165, 1.54) is 24.1 Å². The highest BCUT2D eigenvalue weighted by Crippen LogP contribution is 2.33. The monoisotopic (exact) mass is 223 g/mol. The highest BCUT2D eigenvalue weighted by Gasteiger charge is 2.37. The molecule has 1 aliphatic heterocycles. The first-order valence-electron chi connectivity index (χ1n) is 5.68. The maximum atomic E-state index is 5.62. The smallest absolute Gasteiger partial charge is 0.0973 e. The molecule has 1 fully saturated rings. The van der Waals surface area contributed by atoms with E-state index in [2.05, 4.69) is 11.4 Å². The molecule has 2 heterocycles. The summed E-state index contributed by atoms with van der Waals surface area (Å²) < 4.78 is 5.62. The summed E-state index contributed by atoms with van der Waals surface area (Å²) >= 11 is 2.01. The fraction of sp³-hybridized carbons (Fsp3) is 0.667. The minimum Gasteiger partial charge on any atom is -0.375 e. The van der Waals surface area contributed by atoms with Crippen molar-refractivity contribution in [1.29, 1.82) is 0 Å². The molecule has 1 aromatic heterocycles. The van der Waals surface area contributed by atoms with Crippen LogP contribution in [0.5, 0.6) is 0 Å². The molecule has 2 nitrogen and oxygen atoms in total. The maximum absolute atomic E-state index is 5.62. The number of methoxy groups -OCH3 is 1. The summed E-state index contributed by atoms with van der Waals surface area (Å²) in [5.74, 6) is 0. The molecule has 82 valence electrons. The third kappa shape index (κ3) is 1.63. The molecule has 3 rings (SSSR count). The summed E-state index contributed by atoms with van der Waals surface area (Å²) in [6, 6.07) is 2.41. The van der Waals surface area contributed by atoms with Crippen molar-refractivity contribution >= 4 is 11.3 Å². The van der Waals surface area contributed by atoms with Crippen molar-refractivity contribution in [2.45, 2.75) is 31.3 Å². The molecule has 1 aliphatic carbocycles. The van der Waals surface area contributed by atoms with Crippen molar-refractivity contribution in [3.05, 3.63) is 21.4 Å². The third-order valence-corrected chi connectivity index (χ3v) is 4.86. The first-order chi connectivity index (χ1) is 7.31. The lowest BCUT2D eigenvalue weighted by molar-refractivity contribution is -0.0496. The SMILES string of the molecule is COC1(Cc2cc3c(s2)CCC3)CNC1. The van der Waals surface area contributed by atoms with Crippen molar-refractivity contribution in [1.82, 2.24) is 5.32 Å². The summed E-state index contributed by atoms with van der Waals surface area (Å²) in [6.45, 7) is 2.01. The molecule has 0 radical (unpaired) electrons. The Hall–Kier alpha value is -0.380. The highest BCUT2D eigenvalue weighted by molar-refractivity contribution is 7.12. The highest BCUT2D eigenvalue weighted by atomic mass is 32.1. The Kier molecular flexibility index (Phi) is 2.34. The Bertz CT molecular complexity index is 341. The van der Waals surface area contributed by atoms with E-state index in [1.807, 2.05) is 18.4 Å². The normalized spacial score (nSPS) is 22.5. The standard InChI is InChI=1S/C12H17NOS/c1-14-12(7-13-8-12)6-10-5-9-3-2-4-11(9)15-10/h5,13H,2-4,6-8H2,1H3. The van der Waals surface area contributed by atoms with Gasteiger partial charge in [-0.05, 0) is 30.9 Å². The lowest BCUT2D eigenvalue weighted by Crippen LogP contribution is -2.61. The van der Waals surface area contributed by atoms with Gasteiger partial charge in [0.05, 0.1) is 5.60 Å². The number of rotatable bonds is 3. The van der Waals surface area contributed by atoms with E-state index in [9.17, 15) is 0 Å². The Morgan fingerprint density at radius 3 is 2.93 bits per heavy atom. The number of hydrogen-bond donors (Lipinski definition) is 1. The molecule has 0 saturated carbocycles. The number of fused-ring (bicyclic) bond motifs is 1. The Labute approximate surface area is 94.6 Å². The van der Waals surface area contributed by atoms with Crippen LogP contribution in [0.2, 0.25) is 0 Å². The van der Waals surface area contributed by atoms with Crippen molar-refractivity contribution in [2.24, 2.45) is 0 Å². The van der Waals surface area contributed by atoms with Gasteiger partial charge in [-0.3, -0.25) is 0 Å². The maximum Gasteiger partial charge on any atom is 0.0973 e. The number of nitrogens with one attached hydrogen (secondary N) is 1. The second-order valence-electron chi connectivity index (χ2n) is 4.68. The minimum absolute atomic E-state index is 0.0958. The van der Waals surface area contributed by atoms with Crippen LogP contribution < -0.4 is 5.32 Å².